The normalized spacial score (nSPS) is 10.4. The van der Waals surface area contributed by atoms with E-state index in [1.54, 1.807) is 0 Å². The van der Waals surface area contributed by atoms with Gasteiger partial charge in [0, 0.05) is 49.1 Å². The molecule has 5 nitrogen and oxygen atoms in total. The SMILES string of the molecule is Cc1cc(OCc2nsc(N(C)C)n2)cc(C)n1. The zero-order valence-electron chi connectivity index (χ0n) is 11.0. The lowest BCUT2D eigenvalue weighted by Crippen LogP contribution is -2.08. The highest BCUT2D eigenvalue weighted by molar-refractivity contribution is 7.09. The summed E-state index contributed by atoms with van der Waals surface area (Å²) in [6.07, 6.45) is 0. The van der Waals surface area contributed by atoms with Crippen LogP contribution in [-0.2, 0) is 6.61 Å². The molecule has 0 aliphatic carbocycles. The van der Waals surface area contributed by atoms with Gasteiger partial charge in [-0.3, -0.25) is 4.98 Å². The van der Waals surface area contributed by atoms with Crippen molar-refractivity contribution in [3.8, 4) is 5.75 Å². The Morgan fingerprint density at radius 2 is 1.83 bits per heavy atom. The average Bonchev–Trinajstić information content (AvgIpc) is 2.73. The first-order valence-corrected chi connectivity index (χ1v) is 6.40. The van der Waals surface area contributed by atoms with E-state index < -0.39 is 0 Å². The van der Waals surface area contributed by atoms with Gasteiger partial charge in [0.2, 0.25) is 5.13 Å². The second-order valence-electron chi connectivity index (χ2n) is 4.26. The molecule has 2 aromatic heterocycles. The van der Waals surface area contributed by atoms with Crippen molar-refractivity contribution >= 4 is 16.7 Å². The van der Waals surface area contributed by atoms with Gasteiger partial charge in [-0.25, -0.2) is 0 Å². The number of rotatable bonds is 4. The Bertz CT molecular complexity index is 518. The van der Waals surface area contributed by atoms with Crippen molar-refractivity contribution < 1.29 is 4.74 Å². The Labute approximate surface area is 111 Å². The van der Waals surface area contributed by atoms with Crippen LogP contribution in [0, 0.1) is 13.8 Å². The highest BCUT2D eigenvalue weighted by atomic mass is 32.1. The predicted octanol–water partition coefficient (Wildman–Crippen LogP) is 2.19. The van der Waals surface area contributed by atoms with Crippen LogP contribution < -0.4 is 9.64 Å². The van der Waals surface area contributed by atoms with Gasteiger partial charge in [0.15, 0.2) is 5.82 Å². The lowest BCUT2D eigenvalue weighted by atomic mass is 10.3. The minimum absolute atomic E-state index is 0.382. The molecule has 0 aliphatic heterocycles. The van der Waals surface area contributed by atoms with E-state index in [-0.39, 0.29) is 0 Å². The molecule has 0 unspecified atom stereocenters. The maximum absolute atomic E-state index is 5.67. The van der Waals surface area contributed by atoms with Crippen LogP contribution in [0.2, 0.25) is 0 Å². The van der Waals surface area contributed by atoms with Crippen LogP contribution in [0.4, 0.5) is 5.13 Å². The third kappa shape index (κ3) is 3.16. The standard InChI is InChI=1S/C12H16N4OS/c1-8-5-10(6-9(2)13-8)17-7-11-14-12(16(3)4)18-15-11/h5-6H,7H2,1-4H3. The van der Waals surface area contributed by atoms with Crippen LogP contribution >= 0.6 is 11.5 Å². The number of ether oxygens (including phenoxy) is 1. The molecule has 0 aliphatic rings. The summed E-state index contributed by atoms with van der Waals surface area (Å²) in [6, 6.07) is 3.82. The van der Waals surface area contributed by atoms with E-state index in [1.165, 1.54) is 11.5 Å². The zero-order valence-corrected chi connectivity index (χ0v) is 11.8. The molecule has 96 valence electrons. The van der Waals surface area contributed by atoms with Crippen LogP contribution in [0.25, 0.3) is 0 Å². The molecule has 6 heteroatoms. The van der Waals surface area contributed by atoms with Gasteiger partial charge in [0.1, 0.15) is 12.4 Å². The third-order valence-corrected chi connectivity index (χ3v) is 3.18. The third-order valence-electron chi connectivity index (χ3n) is 2.26. The predicted molar refractivity (Wildman–Crippen MR) is 72.3 cm³/mol. The van der Waals surface area contributed by atoms with Crippen molar-refractivity contribution in [2.45, 2.75) is 20.5 Å². The van der Waals surface area contributed by atoms with E-state index >= 15 is 0 Å². The van der Waals surface area contributed by atoms with E-state index in [4.69, 9.17) is 4.74 Å². The summed E-state index contributed by atoms with van der Waals surface area (Å²) in [5, 5.41) is 0.885. The van der Waals surface area contributed by atoms with Crippen molar-refractivity contribution in [3.05, 3.63) is 29.3 Å². The van der Waals surface area contributed by atoms with E-state index in [0.29, 0.717) is 12.4 Å². The molecule has 18 heavy (non-hydrogen) atoms. The first-order valence-electron chi connectivity index (χ1n) is 5.62. The Balaban J connectivity index is 2.02. The summed E-state index contributed by atoms with van der Waals surface area (Å²) in [4.78, 5) is 10.6. The number of aryl methyl sites for hydroxylation is 2. The molecule has 0 aromatic carbocycles. The van der Waals surface area contributed by atoms with Gasteiger partial charge in [0.05, 0.1) is 0 Å². The fraction of sp³-hybridized carbons (Fsp3) is 0.417. The van der Waals surface area contributed by atoms with Crippen molar-refractivity contribution in [3.63, 3.8) is 0 Å². The highest BCUT2D eigenvalue weighted by Gasteiger charge is 2.06. The smallest absolute Gasteiger partial charge is 0.204 e. The Kier molecular flexibility index (Phi) is 3.76. The molecule has 0 atom stereocenters. The van der Waals surface area contributed by atoms with Gasteiger partial charge >= 0.3 is 0 Å². The summed E-state index contributed by atoms with van der Waals surface area (Å²) in [5.74, 6) is 1.51. The quantitative estimate of drug-likeness (QED) is 0.847. The second-order valence-corrected chi connectivity index (χ2v) is 4.99. The van der Waals surface area contributed by atoms with Crippen molar-refractivity contribution in [2.24, 2.45) is 0 Å². The van der Waals surface area contributed by atoms with E-state index in [9.17, 15) is 0 Å². The summed E-state index contributed by atoms with van der Waals surface area (Å²) in [5.41, 5.74) is 1.90. The number of hydrogen-bond acceptors (Lipinski definition) is 6. The second kappa shape index (κ2) is 5.30. The summed E-state index contributed by atoms with van der Waals surface area (Å²) < 4.78 is 9.92. The first kappa shape index (κ1) is 12.8. The average molecular weight is 264 g/mol. The highest BCUT2D eigenvalue weighted by Crippen LogP contribution is 2.17. The molecular weight excluding hydrogens is 248 g/mol. The molecule has 0 saturated carbocycles. The molecule has 0 fully saturated rings. The molecule has 0 N–H and O–H groups in total. The maximum Gasteiger partial charge on any atom is 0.204 e. The summed E-state index contributed by atoms with van der Waals surface area (Å²) >= 11 is 1.37. The number of hydrogen-bond donors (Lipinski definition) is 0. The maximum atomic E-state index is 5.67. The van der Waals surface area contributed by atoms with Crippen LogP contribution in [0.15, 0.2) is 12.1 Å². The van der Waals surface area contributed by atoms with E-state index in [0.717, 1.165) is 22.3 Å². The van der Waals surface area contributed by atoms with Crippen LogP contribution in [0.3, 0.4) is 0 Å². The van der Waals surface area contributed by atoms with Gasteiger partial charge in [0.25, 0.3) is 0 Å². The fourth-order valence-electron chi connectivity index (χ4n) is 1.51. The largest absolute Gasteiger partial charge is 0.485 e. The van der Waals surface area contributed by atoms with Gasteiger partial charge in [-0.2, -0.15) is 9.36 Å². The Morgan fingerprint density at radius 3 is 2.39 bits per heavy atom. The topological polar surface area (TPSA) is 51.1 Å². The van der Waals surface area contributed by atoms with Crippen molar-refractivity contribution in [1.29, 1.82) is 0 Å². The molecule has 0 bridgehead atoms. The number of anilines is 1. The number of nitrogens with zero attached hydrogens (tertiary/aromatic N) is 4. The zero-order chi connectivity index (χ0) is 13.1. The van der Waals surface area contributed by atoms with Crippen molar-refractivity contribution in [2.75, 3.05) is 19.0 Å². The minimum atomic E-state index is 0.382. The molecule has 2 aromatic rings. The van der Waals surface area contributed by atoms with Gasteiger partial charge in [-0.15, -0.1) is 0 Å². The van der Waals surface area contributed by atoms with E-state index in [2.05, 4.69) is 14.3 Å². The number of aromatic nitrogens is 3. The van der Waals surface area contributed by atoms with Crippen LogP contribution in [0.1, 0.15) is 17.2 Å². The van der Waals surface area contributed by atoms with Gasteiger partial charge in [-0.05, 0) is 13.8 Å². The van der Waals surface area contributed by atoms with E-state index in [1.807, 2.05) is 45.0 Å². The Hall–Kier alpha value is -1.69. The molecular formula is C12H16N4OS. The lowest BCUT2D eigenvalue weighted by molar-refractivity contribution is 0.297. The van der Waals surface area contributed by atoms with Crippen LogP contribution in [-0.4, -0.2) is 28.4 Å². The summed E-state index contributed by atoms with van der Waals surface area (Å²) in [6.45, 7) is 4.28. The number of pyridine rings is 1. The van der Waals surface area contributed by atoms with Gasteiger partial charge in [-0.1, -0.05) is 0 Å². The molecule has 0 radical (unpaired) electrons. The lowest BCUT2D eigenvalue weighted by Gasteiger charge is -2.06. The minimum Gasteiger partial charge on any atom is -0.485 e. The molecule has 2 rings (SSSR count). The van der Waals surface area contributed by atoms with Crippen molar-refractivity contribution in [1.82, 2.24) is 14.3 Å². The fourth-order valence-corrected chi connectivity index (χ4v) is 2.10. The first-order chi connectivity index (χ1) is 8.54. The monoisotopic (exact) mass is 264 g/mol. The molecule has 0 spiro atoms. The molecule has 2 heterocycles. The Morgan fingerprint density at radius 1 is 1.17 bits per heavy atom. The summed E-state index contributed by atoms with van der Waals surface area (Å²) in [7, 11) is 3.89. The molecule has 0 amide bonds. The van der Waals surface area contributed by atoms with Gasteiger partial charge < -0.3 is 9.64 Å². The van der Waals surface area contributed by atoms with Crippen LogP contribution in [0.5, 0.6) is 5.75 Å². The molecule has 0 saturated heterocycles.